The summed E-state index contributed by atoms with van der Waals surface area (Å²) in [6.45, 7) is -0.207. The number of carboxylic acids is 1. The van der Waals surface area contributed by atoms with Crippen LogP contribution in [0.4, 0.5) is 5.82 Å². The highest BCUT2D eigenvalue weighted by Gasteiger charge is 2.04. The van der Waals surface area contributed by atoms with Crippen LogP contribution >= 0.6 is 0 Å². The van der Waals surface area contributed by atoms with E-state index in [0.29, 0.717) is 11.2 Å². The Morgan fingerprint density at radius 1 is 1.38 bits per heavy atom. The third kappa shape index (κ3) is 2.03. The van der Waals surface area contributed by atoms with Crippen LogP contribution in [0, 0.1) is 0 Å². The smallest absolute Gasteiger partial charge is 0.322 e. The van der Waals surface area contributed by atoms with Gasteiger partial charge >= 0.3 is 5.97 Å². The number of nitrogens with zero attached hydrogens (tertiary/aromatic N) is 1. The molecule has 3 N–H and O–H groups in total. The summed E-state index contributed by atoms with van der Waals surface area (Å²) >= 11 is 0. The van der Waals surface area contributed by atoms with Gasteiger partial charge in [0.2, 0.25) is 0 Å². The molecule has 0 fully saturated rings. The molecule has 0 amide bonds. The van der Waals surface area contributed by atoms with E-state index < -0.39 is 5.97 Å². The minimum atomic E-state index is -0.959. The predicted molar refractivity (Wildman–Crippen MR) is 59.5 cm³/mol. The fraction of sp³-hybridized carbons (Fsp3) is 0.0909. The molecule has 0 bridgehead atoms. The number of hydrogen-bond donors (Lipinski definition) is 3. The normalized spacial score (nSPS) is 10.2. The second-order valence-electron chi connectivity index (χ2n) is 3.31. The molecule has 0 saturated carbocycles. The minimum Gasteiger partial charge on any atom is -0.508 e. The molecule has 1 heterocycles. The fourth-order valence-corrected chi connectivity index (χ4v) is 1.46. The Labute approximate surface area is 91.4 Å². The number of aliphatic carboxylic acids is 1. The van der Waals surface area contributed by atoms with Crippen molar-refractivity contribution in [3.63, 3.8) is 0 Å². The first-order valence-corrected chi connectivity index (χ1v) is 4.70. The zero-order valence-corrected chi connectivity index (χ0v) is 8.34. The summed E-state index contributed by atoms with van der Waals surface area (Å²) in [5, 5.41) is 22.2. The Kier molecular flexibility index (Phi) is 2.59. The second kappa shape index (κ2) is 4.06. The van der Waals surface area contributed by atoms with Crippen molar-refractivity contribution in [2.75, 3.05) is 11.9 Å². The summed E-state index contributed by atoms with van der Waals surface area (Å²) in [4.78, 5) is 14.5. The lowest BCUT2D eigenvalue weighted by Gasteiger charge is -2.06. The quantitative estimate of drug-likeness (QED) is 0.726. The molecule has 82 valence electrons. The maximum atomic E-state index is 10.4. The van der Waals surface area contributed by atoms with E-state index in [0.717, 1.165) is 5.39 Å². The number of rotatable bonds is 3. The van der Waals surface area contributed by atoms with Crippen LogP contribution in [0.2, 0.25) is 0 Å². The van der Waals surface area contributed by atoms with Crippen LogP contribution in [0.5, 0.6) is 5.75 Å². The van der Waals surface area contributed by atoms with Crippen molar-refractivity contribution >= 4 is 22.6 Å². The van der Waals surface area contributed by atoms with Crippen molar-refractivity contribution < 1.29 is 15.0 Å². The third-order valence-corrected chi connectivity index (χ3v) is 2.16. The minimum absolute atomic E-state index is 0.124. The number of fused-ring (bicyclic) bond motifs is 1. The summed E-state index contributed by atoms with van der Waals surface area (Å²) in [6.07, 6.45) is 1.59. The van der Waals surface area contributed by atoms with Gasteiger partial charge in [0.15, 0.2) is 0 Å². The number of carbonyl (C=O) groups is 1. The number of hydrogen-bond acceptors (Lipinski definition) is 4. The lowest BCUT2D eigenvalue weighted by molar-refractivity contribution is -0.134. The van der Waals surface area contributed by atoms with Crippen LogP contribution in [-0.4, -0.2) is 27.7 Å². The molecule has 2 rings (SSSR count). The van der Waals surface area contributed by atoms with Crippen LogP contribution in [0.3, 0.4) is 0 Å². The van der Waals surface area contributed by atoms with Gasteiger partial charge in [-0.25, -0.2) is 4.98 Å². The highest BCUT2D eigenvalue weighted by molar-refractivity contribution is 5.93. The van der Waals surface area contributed by atoms with Gasteiger partial charge < -0.3 is 15.5 Å². The Bertz CT molecular complexity index is 540. The molecule has 2 aromatic rings. The Morgan fingerprint density at radius 3 is 2.94 bits per heavy atom. The SMILES string of the molecule is O=C(O)CNc1nccc2ccc(O)cc12. The van der Waals surface area contributed by atoms with Gasteiger partial charge in [-0.2, -0.15) is 0 Å². The molecule has 1 aromatic carbocycles. The summed E-state index contributed by atoms with van der Waals surface area (Å²) in [5.74, 6) is -0.381. The molecule has 0 aliphatic rings. The number of phenols is 1. The highest BCUT2D eigenvalue weighted by Crippen LogP contribution is 2.24. The number of nitrogens with one attached hydrogen (secondary N) is 1. The molecular weight excluding hydrogens is 208 g/mol. The summed E-state index contributed by atoms with van der Waals surface area (Å²) < 4.78 is 0. The first-order valence-electron chi connectivity index (χ1n) is 4.70. The van der Waals surface area contributed by atoms with Crippen LogP contribution in [0.25, 0.3) is 10.8 Å². The van der Waals surface area contributed by atoms with E-state index in [9.17, 15) is 9.90 Å². The fourth-order valence-electron chi connectivity index (χ4n) is 1.46. The summed E-state index contributed by atoms with van der Waals surface area (Å²) in [5.41, 5.74) is 0. The lowest BCUT2D eigenvalue weighted by Crippen LogP contribution is -2.13. The zero-order chi connectivity index (χ0) is 11.5. The molecular formula is C11H10N2O3. The summed E-state index contributed by atoms with van der Waals surface area (Å²) in [6, 6.07) is 6.66. The Balaban J connectivity index is 2.43. The standard InChI is InChI=1S/C11H10N2O3/c14-8-2-1-7-3-4-12-11(9(7)5-8)13-6-10(15)16/h1-5,14H,6H2,(H,12,13)(H,15,16). The average molecular weight is 218 g/mol. The van der Waals surface area contributed by atoms with Gasteiger partial charge in [0.25, 0.3) is 0 Å². The first kappa shape index (κ1) is 10.2. The first-order chi connectivity index (χ1) is 7.66. The third-order valence-electron chi connectivity index (χ3n) is 2.16. The lowest BCUT2D eigenvalue weighted by atomic mass is 10.1. The second-order valence-corrected chi connectivity index (χ2v) is 3.31. The van der Waals surface area contributed by atoms with Gasteiger partial charge in [-0.15, -0.1) is 0 Å². The topological polar surface area (TPSA) is 82.5 Å². The van der Waals surface area contributed by atoms with Crippen molar-refractivity contribution in [3.05, 3.63) is 30.5 Å². The van der Waals surface area contributed by atoms with E-state index in [-0.39, 0.29) is 12.3 Å². The molecule has 16 heavy (non-hydrogen) atoms. The van der Waals surface area contributed by atoms with Crippen molar-refractivity contribution in [3.8, 4) is 5.75 Å². The molecule has 0 aliphatic carbocycles. The van der Waals surface area contributed by atoms with Crippen molar-refractivity contribution in [1.82, 2.24) is 4.98 Å². The number of anilines is 1. The molecule has 0 saturated heterocycles. The van der Waals surface area contributed by atoms with Crippen LogP contribution in [0.1, 0.15) is 0 Å². The highest BCUT2D eigenvalue weighted by atomic mass is 16.4. The number of aromatic hydroxyl groups is 1. The van der Waals surface area contributed by atoms with Gasteiger partial charge in [-0.1, -0.05) is 6.07 Å². The number of phenolic OH excluding ortho intramolecular Hbond substituents is 1. The number of benzene rings is 1. The van der Waals surface area contributed by atoms with Gasteiger partial charge in [-0.05, 0) is 23.6 Å². The molecule has 5 heteroatoms. The van der Waals surface area contributed by atoms with Gasteiger partial charge in [0.05, 0.1) is 0 Å². The average Bonchev–Trinajstić information content (AvgIpc) is 2.26. The van der Waals surface area contributed by atoms with E-state index in [1.54, 1.807) is 30.5 Å². The largest absolute Gasteiger partial charge is 0.508 e. The number of pyridine rings is 1. The van der Waals surface area contributed by atoms with Crippen molar-refractivity contribution in [2.45, 2.75) is 0 Å². The van der Waals surface area contributed by atoms with Crippen LogP contribution in [-0.2, 0) is 4.79 Å². The van der Waals surface area contributed by atoms with Gasteiger partial charge in [-0.3, -0.25) is 4.79 Å². The molecule has 5 nitrogen and oxygen atoms in total. The van der Waals surface area contributed by atoms with E-state index in [2.05, 4.69) is 10.3 Å². The molecule has 0 spiro atoms. The van der Waals surface area contributed by atoms with Crippen molar-refractivity contribution in [1.29, 1.82) is 0 Å². The van der Waals surface area contributed by atoms with E-state index >= 15 is 0 Å². The zero-order valence-electron chi connectivity index (χ0n) is 8.34. The molecule has 0 radical (unpaired) electrons. The number of aromatic nitrogens is 1. The maximum absolute atomic E-state index is 10.4. The van der Waals surface area contributed by atoms with Crippen molar-refractivity contribution in [2.24, 2.45) is 0 Å². The van der Waals surface area contributed by atoms with Gasteiger partial charge in [0, 0.05) is 11.6 Å². The van der Waals surface area contributed by atoms with Gasteiger partial charge in [0.1, 0.15) is 18.1 Å². The molecule has 0 unspecified atom stereocenters. The number of carboxylic acid groups (broad SMARTS) is 1. The Morgan fingerprint density at radius 2 is 2.19 bits per heavy atom. The van der Waals surface area contributed by atoms with E-state index in [4.69, 9.17) is 5.11 Å². The maximum Gasteiger partial charge on any atom is 0.322 e. The predicted octanol–water partition coefficient (Wildman–Crippen LogP) is 1.44. The molecule has 0 aliphatic heterocycles. The monoisotopic (exact) mass is 218 g/mol. The molecule has 1 aromatic heterocycles. The van der Waals surface area contributed by atoms with Crippen LogP contribution in [0.15, 0.2) is 30.5 Å². The Hall–Kier alpha value is -2.30. The van der Waals surface area contributed by atoms with Crippen LogP contribution < -0.4 is 5.32 Å². The van der Waals surface area contributed by atoms with E-state index in [1.165, 1.54) is 0 Å². The summed E-state index contributed by atoms with van der Waals surface area (Å²) in [7, 11) is 0. The van der Waals surface area contributed by atoms with E-state index in [1.807, 2.05) is 0 Å². The molecule has 0 atom stereocenters.